The summed E-state index contributed by atoms with van der Waals surface area (Å²) in [6, 6.07) is 14.3. The van der Waals surface area contributed by atoms with E-state index in [1.165, 1.54) is 12.8 Å². The van der Waals surface area contributed by atoms with Gasteiger partial charge in [0.05, 0.1) is 18.4 Å². The second kappa shape index (κ2) is 6.82. The molecule has 0 radical (unpaired) electrons. The van der Waals surface area contributed by atoms with Gasteiger partial charge in [-0.3, -0.25) is 9.48 Å². The van der Waals surface area contributed by atoms with Gasteiger partial charge in [0, 0.05) is 31.9 Å². The van der Waals surface area contributed by atoms with E-state index in [1.807, 2.05) is 42.5 Å². The highest BCUT2D eigenvalue weighted by Crippen LogP contribution is 2.34. The smallest absolute Gasteiger partial charge is 0.258 e. The Morgan fingerprint density at radius 3 is 2.64 bits per heavy atom. The predicted molar refractivity (Wildman–Crippen MR) is 107 cm³/mol. The number of aromatic nitrogens is 2. The van der Waals surface area contributed by atoms with Crippen molar-refractivity contribution >= 4 is 5.91 Å². The summed E-state index contributed by atoms with van der Waals surface area (Å²) in [6.07, 6.45) is 6.34. The maximum atomic E-state index is 13.0. The number of amides is 1. The minimum Gasteiger partial charge on any atom is -0.492 e. The molecule has 5 heteroatoms. The van der Waals surface area contributed by atoms with Crippen LogP contribution < -0.4 is 4.74 Å². The molecule has 2 heterocycles. The van der Waals surface area contributed by atoms with E-state index in [4.69, 9.17) is 4.74 Å². The lowest BCUT2D eigenvalue weighted by atomic mass is 10.1. The van der Waals surface area contributed by atoms with Gasteiger partial charge in [-0.05, 0) is 41.5 Å². The number of fused-ring (bicyclic) bond motifs is 1. The third-order valence-corrected chi connectivity index (χ3v) is 5.51. The van der Waals surface area contributed by atoms with Crippen molar-refractivity contribution in [2.45, 2.75) is 25.9 Å². The Balaban J connectivity index is 1.30. The molecule has 2 aliphatic rings. The standard InChI is InChI=1S/C23H23N3O2/c1-25-13-20(11-24-25)18-9-7-16(8-10-18)12-26-14-19-3-2-4-21(22(19)23(26)27)28-15-17-5-6-17/h2-4,7-11,13,17H,5-6,12,14-15H2,1H3. The Bertz CT molecular complexity index is 1020. The Hall–Kier alpha value is -3.08. The molecule has 5 nitrogen and oxygen atoms in total. The van der Waals surface area contributed by atoms with E-state index < -0.39 is 0 Å². The summed E-state index contributed by atoms with van der Waals surface area (Å²) in [5.74, 6) is 1.48. The molecule has 3 aromatic rings. The third kappa shape index (κ3) is 3.28. The monoisotopic (exact) mass is 373 g/mol. The Morgan fingerprint density at radius 2 is 1.93 bits per heavy atom. The van der Waals surface area contributed by atoms with E-state index in [9.17, 15) is 4.79 Å². The van der Waals surface area contributed by atoms with Crippen molar-refractivity contribution in [3.63, 3.8) is 0 Å². The third-order valence-electron chi connectivity index (χ3n) is 5.51. The second-order valence-electron chi connectivity index (χ2n) is 7.81. The zero-order valence-electron chi connectivity index (χ0n) is 16.0. The van der Waals surface area contributed by atoms with Crippen LogP contribution in [0.3, 0.4) is 0 Å². The number of carbonyl (C=O) groups is 1. The molecule has 2 aromatic carbocycles. The summed E-state index contributed by atoms with van der Waals surface area (Å²) in [5, 5.41) is 4.22. The molecular weight excluding hydrogens is 350 g/mol. The molecule has 5 rings (SSSR count). The second-order valence-corrected chi connectivity index (χ2v) is 7.81. The molecule has 142 valence electrons. The van der Waals surface area contributed by atoms with Crippen molar-refractivity contribution < 1.29 is 9.53 Å². The van der Waals surface area contributed by atoms with Crippen molar-refractivity contribution in [3.05, 3.63) is 71.5 Å². The lowest BCUT2D eigenvalue weighted by Crippen LogP contribution is -2.23. The number of hydrogen-bond acceptors (Lipinski definition) is 3. The molecule has 0 bridgehead atoms. The summed E-state index contributed by atoms with van der Waals surface area (Å²) in [5.41, 5.74) is 5.15. The Labute approximate surface area is 164 Å². The van der Waals surface area contributed by atoms with E-state index >= 15 is 0 Å². The van der Waals surface area contributed by atoms with Crippen molar-refractivity contribution in [2.24, 2.45) is 13.0 Å². The van der Waals surface area contributed by atoms with Gasteiger partial charge in [-0.1, -0.05) is 36.4 Å². The highest BCUT2D eigenvalue weighted by Gasteiger charge is 2.31. The van der Waals surface area contributed by atoms with Crippen LogP contribution in [0.4, 0.5) is 0 Å². The molecule has 0 atom stereocenters. The number of hydrogen-bond donors (Lipinski definition) is 0. The van der Waals surface area contributed by atoms with Gasteiger partial charge in [0.1, 0.15) is 5.75 Å². The molecular formula is C23H23N3O2. The van der Waals surface area contributed by atoms with Crippen LogP contribution in [-0.2, 0) is 20.1 Å². The predicted octanol–water partition coefficient (Wildman–Crippen LogP) is 4.03. The van der Waals surface area contributed by atoms with Crippen LogP contribution in [0.5, 0.6) is 5.75 Å². The number of ether oxygens (including phenoxy) is 1. The average Bonchev–Trinajstić information content (AvgIpc) is 3.36. The van der Waals surface area contributed by atoms with Crippen LogP contribution in [0.25, 0.3) is 11.1 Å². The fourth-order valence-corrected chi connectivity index (χ4v) is 3.72. The Morgan fingerprint density at radius 1 is 1.11 bits per heavy atom. The molecule has 1 aliphatic heterocycles. The van der Waals surface area contributed by atoms with Gasteiger partial charge in [-0.2, -0.15) is 5.10 Å². The van der Waals surface area contributed by atoms with E-state index in [0.29, 0.717) is 19.0 Å². The highest BCUT2D eigenvalue weighted by atomic mass is 16.5. The van der Waals surface area contributed by atoms with Gasteiger partial charge < -0.3 is 9.64 Å². The molecule has 1 fully saturated rings. The van der Waals surface area contributed by atoms with Gasteiger partial charge in [-0.15, -0.1) is 0 Å². The van der Waals surface area contributed by atoms with Crippen molar-refractivity contribution in [2.75, 3.05) is 6.61 Å². The van der Waals surface area contributed by atoms with Gasteiger partial charge in [0.25, 0.3) is 5.91 Å². The highest BCUT2D eigenvalue weighted by molar-refractivity contribution is 6.01. The lowest BCUT2D eigenvalue weighted by molar-refractivity contribution is 0.0763. The first-order valence-electron chi connectivity index (χ1n) is 9.79. The van der Waals surface area contributed by atoms with Crippen LogP contribution >= 0.6 is 0 Å². The minimum absolute atomic E-state index is 0.0673. The summed E-state index contributed by atoms with van der Waals surface area (Å²) >= 11 is 0. The fraction of sp³-hybridized carbons (Fsp3) is 0.304. The minimum atomic E-state index is 0.0673. The zero-order valence-corrected chi connectivity index (χ0v) is 16.0. The summed E-state index contributed by atoms with van der Waals surface area (Å²) < 4.78 is 7.75. The molecule has 0 saturated heterocycles. The number of carbonyl (C=O) groups excluding carboxylic acids is 1. The first-order chi connectivity index (χ1) is 13.7. The van der Waals surface area contributed by atoms with Gasteiger partial charge in [0.15, 0.2) is 0 Å². The van der Waals surface area contributed by atoms with Crippen molar-refractivity contribution in [1.82, 2.24) is 14.7 Å². The quantitative estimate of drug-likeness (QED) is 0.655. The van der Waals surface area contributed by atoms with Gasteiger partial charge in [0.2, 0.25) is 0 Å². The van der Waals surface area contributed by atoms with E-state index in [2.05, 4.69) is 29.4 Å². The summed E-state index contributed by atoms with van der Waals surface area (Å²) in [7, 11) is 1.91. The molecule has 0 spiro atoms. The van der Waals surface area contributed by atoms with E-state index in [0.717, 1.165) is 40.2 Å². The van der Waals surface area contributed by atoms with E-state index in [1.54, 1.807) is 4.68 Å². The Kier molecular flexibility index (Phi) is 4.15. The molecule has 1 aliphatic carbocycles. The number of aryl methyl sites for hydroxylation is 1. The topological polar surface area (TPSA) is 47.4 Å². The normalized spacial score (nSPS) is 15.8. The first-order valence-corrected chi connectivity index (χ1v) is 9.79. The van der Waals surface area contributed by atoms with E-state index in [-0.39, 0.29) is 5.91 Å². The summed E-state index contributed by atoms with van der Waals surface area (Å²) in [6.45, 7) is 1.96. The van der Waals surface area contributed by atoms with Crippen molar-refractivity contribution in [3.8, 4) is 16.9 Å². The van der Waals surface area contributed by atoms with Gasteiger partial charge in [-0.25, -0.2) is 0 Å². The number of nitrogens with zero attached hydrogens (tertiary/aromatic N) is 3. The molecule has 1 amide bonds. The lowest BCUT2D eigenvalue weighted by Gasteiger charge is -2.16. The SMILES string of the molecule is Cn1cc(-c2ccc(CN3Cc4cccc(OCC5CC5)c4C3=O)cc2)cn1. The van der Waals surface area contributed by atoms with Crippen LogP contribution in [0, 0.1) is 5.92 Å². The van der Waals surface area contributed by atoms with Crippen LogP contribution in [0.15, 0.2) is 54.9 Å². The average molecular weight is 373 g/mol. The fourth-order valence-electron chi connectivity index (χ4n) is 3.72. The summed E-state index contributed by atoms with van der Waals surface area (Å²) in [4.78, 5) is 14.9. The van der Waals surface area contributed by atoms with Crippen LogP contribution in [0.2, 0.25) is 0 Å². The molecule has 1 saturated carbocycles. The van der Waals surface area contributed by atoms with Gasteiger partial charge >= 0.3 is 0 Å². The first kappa shape index (κ1) is 17.0. The maximum Gasteiger partial charge on any atom is 0.258 e. The molecule has 1 aromatic heterocycles. The van der Waals surface area contributed by atoms with Crippen molar-refractivity contribution in [1.29, 1.82) is 0 Å². The largest absolute Gasteiger partial charge is 0.492 e. The van der Waals surface area contributed by atoms with Crippen LogP contribution in [-0.4, -0.2) is 27.2 Å². The zero-order chi connectivity index (χ0) is 19.1. The molecule has 0 N–H and O–H groups in total. The molecule has 28 heavy (non-hydrogen) atoms. The van der Waals surface area contributed by atoms with Crippen LogP contribution in [0.1, 0.15) is 34.3 Å². The number of rotatable bonds is 6. The maximum absolute atomic E-state index is 13.0. The molecule has 0 unspecified atom stereocenters. The number of benzene rings is 2.